The molecule has 774 valence electrons. The first-order chi connectivity index (χ1) is 57.2. The van der Waals surface area contributed by atoms with Crippen LogP contribution >= 0.6 is 0 Å². The third-order valence-electron chi connectivity index (χ3n) is 29.9. The maximum absolute atomic E-state index is 12.8. The Morgan fingerprint density at radius 2 is 0.881 bits per heavy atom. The van der Waals surface area contributed by atoms with E-state index in [1.165, 1.54) is 72.2 Å². The van der Waals surface area contributed by atoms with Crippen LogP contribution in [0.1, 0.15) is 400 Å². The van der Waals surface area contributed by atoms with Gasteiger partial charge in [-0.3, -0.25) is 28.8 Å². The Labute approximate surface area is 822 Å². The molecule has 9 unspecified atom stereocenters. The molecule has 134 heavy (non-hydrogen) atoms. The Morgan fingerprint density at radius 1 is 0.485 bits per heavy atom. The van der Waals surface area contributed by atoms with Crippen molar-refractivity contribution < 1.29 is 85.4 Å². The predicted molar refractivity (Wildman–Crippen MR) is 557 cm³/mol. The van der Waals surface area contributed by atoms with Crippen LogP contribution in [0, 0.1) is 80.3 Å². The number of sulfonamides is 1. The number of aliphatic hydroxyl groups is 2. The number of nitrogens with one attached hydrogen (secondary N) is 1. The first-order valence-corrected chi connectivity index (χ1v) is 48.8. The summed E-state index contributed by atoms with van der Waals surface area (Å²) in [6.45, 7) is 40.4. The molecule has 2 aliphatic heterocycles. The van der Waals surface area contributed by atoms with Gasteiger partial charge in [-0.05, 0) is 307 Å². The number of fused-ring (bicyclic) bond motifs is 1. The summed E-state index contributed by atoms with van der Waals surface area (Å²) in [4.78, 5) is 87.9. The van der Waals surface area contributed by atoms with Gasteiger partial charge in [0, 0.05) is 37.5 Å². The van der Waals surface area contributed by atoms with Crippen LogP contribution in [0.15, 0.2) is 135 Å². The Balaban J connectivity index is -0.000000728. The number of cyclic esters (lactones) is 1. The monoisotopic (exact) mass is 1920 g/mol. The average molecular weight is 1920 g/mol. The van der Waals surface area contributed by atoms with Gasteiger partial charge in [-0.25, -0.2) is 17.9 Å². The van der Waals surface area contributed by atoms with Crippen molar-refractivity contribution in [3.8, 4) is 0 Å². The molecule has 2 heterocycles. The second-order valence-corrected chi connectivity index (χ2v) is 44.9. The molecule has 4 aromatic carbocycles. The summed E-state index contributed by atoms with van der Waals surface area (Å²) >= 11 is 0. The molecule has 11 saturated carbocycles. The average Bonchev–Trinajstić information content (AvgIpc) is 1.51. The quantitative estimate of drug-likeness (QED) is 0.0334. The molecule has 21 heteroatoms. The van der Waals surface area contributed by atoms with E-state index in [-0.39, 0.29) is 182 Å². The first kappa shape index (κ1) is 134. The summed E-state index contributed by atoms with van der Waals surface area (Å²) in [6, 6.07) is 39.2. The summed E-state index contributed by atoms with van der Waals surface area (Å²) in [7, 11) is -1.90. The normalized spacial score (nSPS) is 26.6. The van der Waals surface area contributed by atoms with Gasteiger partial charge in [0.15, 0.2) is 14.7 Å². The molecule has 4 aromatic rings. The van der Waals surface area contributed by atoms with Crippen molar-refractivity contribution in [3.05, 3.63) is 121 Å². The van der Waals surface area contributed by atoms with Gasteiger partial charge in [0.05, 0.1) is 66.6 Å². The highest BCUT2D eigenvalue weighted by Crippen LogP contribution is 2.64. The van der Waals surface area contributed by atoms with E-state index in [1.807, 2.05) is 95.2 Å². The standard InChI is InChI=1S/C19H32O2.C18H15S.C16H26O4.C14H20O4.C13H24O2.C11H17NO2S.C10H16O4.12CH4/c1-6-18(4,5)17(20)21-19(12(2)3)15-8-13-7-14(10-15)11-16(19)9-13;1-4-10-16(11-5-1)19(17-12-6-2-7-13-17)18-14-8-3-9-15-18;1-4-13(2,3)12(17)20-16-7-11-5-14(18,9-16)8-15(19,6-11)10-16;1-4-14(2,3)13(16)18-10-7-5-8-9(6-7)12(15)17-11(8)10;1-5-12(3,4)11(14)15-13(6-2)9-7-8-10-13;1-4-9(2)10-5-7-11(8-6-10)15(13,14)12-3;1-4-10(2,3)9(12)14-7-5-6-13-8(7)11;;;;;;;;;;;;/h12-16H,6-11H2,1-5H3;1-15H;11,18-19H,4-10H2,1-3H3;7-11H,4-6H2,1-3H3;5-10H2,1-4H3;5-9,12H,4H2,1-3H3;7H,4-6H2,1-3H3;12*1H4/q;+1;;;;;;;;;;;;;;;;;. The molecule has 10 bridgehead atoms. The molecule has 17 rings (SSSR count). The summed E-state index contributed by atoms with van der Waals surface area (Å²) in [6.07, 6.45) is 21.9. The van der Waals surface area contributed by atoms with Gasteiger partial charge in [-0.1, -0.05) is 225 Å². The van der Waals surface area contributed by atoms with Crippen LogP contribution in [-0.4, -0.2) is 120 Å². The zero-order valence-electron chi connectivity index (χ0n) is 77.6. The summed E-state index contributed by atoms with van der Waals surface area (Å²) < 4.78 is 64.0. The lowest BCUT2D eigenvalue weighted by molar-refractivity contribution is -0.264. The maximum Gasteiger partial charge on any atom is 0.347 e. The SMILES string of the molecule is C.C.C.C.C.C.C.C.C.C.C.C.CCC(C)(C)C(=O)OC1(C(C)C)C2CC3CC(C2)CC1C3.CCC(C)(C)C(=O)OC12CC3CC(O)(CC(O)(C3)C1)C2.CCC(C)(C)C(=O)OC1C2CC3C(=O)OC1C3C2.CCC(C)(C)C(=O)OC1CCOC1=O.CCC(C)c1ccc(S(=O)(=O)NC)cc1.CCC1(OC(=O)C(C)(C)CC)CCCC1.c1ccc([S+](c2ccccc2)c2ccccc2)cc1. The molecule has 0 aromatic heterocycles. The van der Waals surface area contributed by atoms with Crippen LogP contribution < -0.4 is 4.72 Å². The smallest absolute Gasteiger partial charge is 0.347 e. The summed E-state index contributed by atoms with van der Waals surface area (Å²) in [5.41, 5.74) is -3.63. The fourth-order valence-electron chi connectivity index (χ4n) is 20.4. The van der Waals surface area contributed by atoms with Gasteiger partial charge >= 0.3 is 41.8 Å². The molecule has 11 aliphatic carbocycles. The van der Waals surface area contributed by atoms with E-state index in [0.29, 0.717) is 79.1 Å². The second-order valence-electron chi connectivity index (χ2n) is 41.0. The highest BCUT2D eigenvalue weighted by atomic mass is 32.2. The van der Waals surface area contributed by atoms with E-state index in [9.17, 15) is 52.2 Å². The zero-order chi connectivity index (χ0) is 90.0. The Hall–Kier alpha value is -6.65. The lowest BCUT2D eigenvalue weighted by atomic mass is 9.47. The van der Waals surface area contributed by atoms with E-state index in [4.69, 9.17) is 33.2 Å². The molecule has 3 N–H and O–H groups in total. The van der Waals surface area contributed by atoms with Crippen molar-refractivity contribution in [2.45, 2.75) is 460 Å². The van der Waals surface area contributed by atoms with Crippen LogP contribution in [0.25, 0.3) is 0 Å². The number of carbonyl (C=O) groups excluding carboxylic acids is 7. The van der Waals surface area contributed by atoms with Crippen molar-refractivity contribution >= 4 is 62.7 Å². The minimum absolute atomic E-state index is 0. The number of esters is 7. The second kappa shape index (κ2) is 54.8. The van der Waals surface area contributed by atoms with Crippen LogP contribution in [-0.2, 0) is 87.6 Å². The molecule has 0 spiro atoms. The van der Waals surface area contributed by atoms with Crippen LogP contribution in [0.3, 0.4) is 0 Å². The van der Waals surface area contributed by atoms with Crippen LogP contribution in [0.4, 0.5) is 0 Å². The Morgan fingerprint density at radius 3 is 1.25 bits per heavy atom. The fourth-order valence-corrected chi connectivity index (χ4v) is 23.2. The van der Waals surface area contributed by atoms with Crippen LogP contribution in [0.2, 0.25) is 0 Å². The molecule has 13 aliphatic rings. The Kier molecular flexibility index (Phi) is 54.6. The molecule has 19 nitrogen and oxygen atoms in total. The van der Waals surface area contributed by atoms with Gasteiger partial charge in [-0.15, -0.1) is 0 Å². The first-order valence-electron chi connectivity index (χ1n) is 46.1. The van der Waals surface area contributed by atoms with Crippen molar-refractivity contribution in [3.63, 3.8) is 0 Å². The maximum atomic E-state index is 12.8. The Bertz CT molecular complexity index is 4130. The van der Waals surface area contributed by atoms with E-state index in [0.717, 1.165) is 95.3 Å². The number of hydrogen-bond acceptors (Lipinski definition) is 18. The van der Waals surface area contributed by atoms with Gasteiger partial charge in [0.25, 0.3) is 0 Å². The van der Waals surface area contributed by atoms with Crippen molar-refractivity contribution in [1.82, 2.24) is 4.72 Å². The fraction of sp³-hybridized carbons (Fsp3) is 0.726. The van der Waals surface area contributed by atoms with Crippen molar-refractivity contribution in [1.29, 1.82) is 0 Å². The number of rotatable bonds is 24. The lowest BCUT2D eigenvalue weighted by Gasteiger charge is -2.62. The van der Waals surface area contributed by atoms with Gasteiger partial charge in [-0.2, -0.15) is 0 Å². The van der Waals surface area contributed by atoms with E-state index >= 15 is 0 Å². The van der Waals surface area contributed by atoms with E-state index in [1.54, 1.807) is 26.0 Å². The molecular weight excluding hydrogens is 1720 g/mol. The molecule has 0 radical (unpaired) electrons. The number of hydrogen-bond donors (Lipinski definition) is 3. The number of benzene rings is 4. The van der Waals surface area contributed by atoms with Gasteiger partial charge in [0.1, 0.15) is 29.0 Å². The number of carbonyl (C=O) groups is 7. The van der Waals surface area contributed by atoms with Gasteiger partial charge in [0.2, 0.25) is 16.1 Å². The molecule has 13 fully saturated rings. The molecule has 9 atom stereocenters. The third kappa shape index (κ3) is 31.7. The lowest BCUT2D eigenvalue weighted by Crippen LogP contribution is -2.67. The largest absolute Gasteiger partial charge is 0.463 e. The van der Waals surface area contributed by atoms with Crippen LogP contribution in [0.5, 0.6) is 0 Å². The number of ether oxygens (including phenoxy) is 7. The molecule has 2 saturated heterocycles. The topological polar surface area (TPSA) is 271 Å². The van der Waals surface area contributed by atoms with Crippen molar-refractivity contribution in [2.24, 2.45) is 80.3 Å². The third-order valence-corrected chi connectivity index (χ3v) is 33.5. The van der Waals surface area contributed by atoms with Gasteiger partial charge < -0.3 is 43.4 Å². The minimum Gasteiger partial charge on any atom is -0.463 e. The summed E-state index contributed by atoms with van der Waals surface area (Å²) in [5.74, 6) is 3.75. The zero-order valence-corrected chi connectivity index (χ0v) is 79.2. The molecule has 0 amide bonds. The highest BCUT2D eigenvalue weighted by molar-refractivity contribution is 7.97. The highest BCUT2D eigenvalue weighted by Gasteiger charge is 2.67. The predicted octanol–water partition coefficient (Wildman–Crippen LogP) is 28.4. The minimum atomic E-state index is -3.30. The summed E-state index contributed by atoms with van der Waals surface area (Å²) in [5, 5.41) is 21.3. The van der Waals surface area contributed by atoms with E-state index < -0.39 is 55.1 Å². The molecular formula is C113H198NO18S2+. The van der Waals surface area contributed by atoms with Crippen molar-refractivity contribution in [2.75, 3.05) is 13.7 Å². The van der Waals surface area contributed by atoms with E-state index in [2.05, 4.69) is 137 Å².